The number of nitrogens with zero attached hydrogens (tertiary/aromatic N) is 5. The van der Waals surface area contributed by atoms with Crippen molar-refractivity contribution in [1.29, 1.82) is 0 Å². The van der Waals surface area contributed by atoms with Gasteiger partial charge >= 0.3 is 0 Å². The second-order valence-corrected chi connectivity index (χ2v) is 4.42. The highest BCUT2D eigenvalue weighted by atomic mass is 35.5. The molecule has 0 saturated heterocycles. The number of ether oxygens (including phenoxy) is 1. The monoisotopic (exact) mass is 296 g/mol. The molecular weight excluding hydrogens is 291 g/mol. The normalized spacial score (nSPS) is 10.8. The van der Waals surface area contributed by atoms with Gasteiger partial charge < -0.3 is 10.5 Å². The lowest BCUT2D eigenvalue weighted by Gasteiger charge is -2.09. The van der Waals surface area contributed by atoms with Gasteiger partial charge in [0.05, 0.1) is 28.1 Å². The van der Waals surface area contributed by atoms with Gasteiger partial charge in [0.2, 0.25) is 11.5 Å². The van der Waals surface area contributed by atoms with Crippen LogP contribution in [0.15, 0.2) is 24.5 Å². The summed E-state index contributed by atoms with van der Waals surface area (Å²) in [5.41, 5.74) is 6.61. The molecule has 3 aromatic rings. The Hall–Kier alpha value is -2.12. The molecular formula is C10H6Cl2N6O. The lowest BCUT2D eigenvalue weighted by Crippen LogP contribution is -1.99. The van der Waals surface area contributed by atoms with E-state index in [9.17, 15) is 0 Å². The highest BCUT2D eigenvalue weighted by Crippen LogP contribution is 2.34. The molecule has 2 aromatic heterocycles. The minimum absolute atomic E-state index is 0.313. The van der Waals surface area contributed by atoms with E-state index in [4.69, 9.17) is 33.7 Å². The number of rotatable bonds is 2. The summed E-state index contributed by atoms with van der Waals surface area (Å²) >= 11 is 11.8. The average molecular weight is 297 g/mol. The molecule has 0 aliphatic rings. The van der Waals surface area contributed by atoms with E-state index in [1.807, 2.05) is 0 Å². The fourth-order valence-corrected chi connectivity index (χ4v) is 1.79. The van der Waals surface area contributed by atoms with Crippen LogP contribution < -0.4 is 10.5 Å². The van der Waals surface area contributed by atoms with Gasteiger partial charge in [-0.05, 0) is 16.5 Å². The summed E-state index contributed by atoms with van der Waals surface area (Å²) in [6.45, 7) is 0. The van der Waals surface area contributed by atoms with E-state index >= 15 is 0 Å². The first-order valence-corrected chi connectivity index (χ1v) is 5.85. The van der Waals surface area contributed by atoms with E-state index in [0.717, 1.165) is 0 Å². The number of halogens is 2. The first kappa shape index (κ1) is 11.9. The van der Waals surface area contributed by atoms with Gasteiger partial charge in [-0.3, -0.25) is 4.98 Å². The molecule has 2 heterocycles. The number of nitrogen functional groups attached to an aromatic ring is 1. The first-order valence-electron chi connectivity index (χ1n) is 5.09. The van der Waals surface area contributed by atoms with E-state index in [2.05, 4.69) is 20.5 Å². The number of anilines is 1. The molecule has 96 valence electrons. The predicted molar refractivity (Wildman–Crippen MR) is 69.5 cm³/mol. The molecule has 9 heteroatoms. The van der Waals surface area contributed by atoms with E-state index < -0.39 is 0 Å². The number of fused-ring (bicyclic) bond motifs is 1. The van der Waals surface area contributed by atoms with Gasteiger partial charge in [-0.15, -0.1) is 5.10 Å². The molecule has 1 aromatic carbocycles. The van der Waals surface area contributed by atoms with E-state index in [1.54, 1.807) is 0 Å². The summed E-state index contributed by atoms with van der Waals surface area (Å²) in [6.07, 6.45) is 2.97. The maximum absolute atomic E-state index is 5.92. The molecule has 0 atom stereocenters. The van der Waals surface area contributed by atoms with Crippen molar-refractivity contribution in [3.63, 3.8) is 0 Å². The summed E-state index contributed by atoms with van der Waals surface area (Å²) in [5, 5.41) is 11.7. The standard InChI is InChI=1S/C10H6Cl2N6O/c11-5-1-7(13)8(2-6(5)12)19-10-4-14-3-9-15-16-17-18(9)10/h1-4H,13H2. The Morgan fingerprint density at radius 1 is 1.16 bits per heavy atom. The Morgan fingerprint density at radius 2 is 1.95 bits per heavy atom. The predicted octanol–water partition coefficient (Wildman–Crippen LogP) is 2.20. The minimum Gasteiger partial charge on any atom is -0.435 e. The van der Waals surface area contributed by atoms with E-state index in [0.29, 0.717) is 33.0 Å². The second kappa shape index (κ2) is 4.52. The molecule has 0 radical (unpaired) electrons. The molecule has 0 aliphatic heterocycles. The Kier molecular flexibility index (Phi) is 2.84. The van der Waals surface area contributed by atoms with E-state index in [-0.39, 0.29) is 0 Å². The number of benzene rings is 1. The molecule has 7 nitrogen and oxygen atoms in total. The molecule has 0 spiro atoms. The van der Waals surface area contributed by atoms with Crippen LogP contribution >= 0.6 is 23.2 Å². The Balaban J connectivity index is 2.06. The van der Waals surface area contributed by atoms with Gasteiger partial charge in [-0.25, -0.2) is 0 Å². The zero-order chi connectivity index (χ0) is 13.4. The van der Waals surface area contributed by atoms with Gasteiger partial charge in [-0.1, -0.05) is 23.2 Å². The molecule has 0 unspecified atom stereocenters. The largest absolute Gasteiger partial charge is 0.435 e. The Labute approximate surface area is 116 Å². The van der Waals surface area contributed by atoms with Crippen LogP contribution in [0, 0.1) is 0 Å². The molecule has 0 bridgehead atoms. The fraction of sp³-hybridized carbons (Fsp3) is 0. The zero-order valence-electron chi connectivity index (χ0n) is 9.29. The van der Waals surface area contributed by atoms with Crippen molar-refractivity contribution in [2.24, 2.45) is 0 Å². The smallest absolute Gasteiger partial charge is 0.242 e. The number of aromatic nitrogens is 5. The Morgan fingerprint density at radius 3 is 2.79 bits per heavy atom. The lowest BCUT2D eigenvalue weighted by molar-refractivity contribution is 0.444. The number of hydrogen-bond donors (Lipinski definition) is 1. The molecule has 0 saturated carbocycles. The SMILES string of the molecule is Nc1cc(Cl)c(Cl)cc1Oc1cncc2nnnn12. The van der Waals surface area contributed by atoms with Gasteiger partial charge in [0.25, 0.3) is 0 Å². The van der Waals surface area contributed by atoms with Gasteiger partial charge in [0.15, 0.2) is 5.75 Å². The first-order chi connectivity index (χ1) is 9.15. The van der Waals surface area contributed by atoms with Gasteiger partial charge in [0, 0.05) is 6.07 Å². The van der Waals surface area contributed by atoms with Crippen LogP contribution in [0.4, 0.5) is 5.69 Å². The molecule has 2 N–H and O–H groups in total. The quantitative estimate of drug-likeness (QED) is 0.729. The van der Waals surface area contributed by atoms with Crippen LogP contribution in [0.25, 0.3) is 5.65 Å². The lowest BCUT2D eigenvalue weighted by atomic mass is 10.3. The second-order valence-electron chi connectivity index (χ2n) is 3.60. The van der Waals surface area contributed by atoms with Crippen molar-refractivity contribution in [2.75, 3.05) is 5.73 Å². The molecule has 19 heavy (non-hydrogen) atoms. The number of tetrazole rings is 1. The molecule has 0 aliphatic carbocycles. The Bertz CT molecular complexity index is 759. The maximum Gasteiger partial charge on any atom is 0.242 e. The fourth-order valence-electron chi connectivity index (χ4n) is 1.47. The van der Waals surface area contributed by atoms with Gasteiger partial charge in [0.1, 0.15) is 0 Å². The third-order valence-corrected chi connectivity index (χ3v) is 3.07. The summed E-state index contributed by atoms with van der Waals surface area (Å²) < 4.78 is 6.99. The minimum atomic E-state index is 0.313. The van der Waals surface area contributed by atoms with Crippen LogP contribution in [-0.4, -0.2) is 25.0 Å². The van der Waals surface area contributed by atoms with Crippen molar-refractivity contribution in [3.8, 4) is 11.6 Å². The summed E-state index contributed by atoms with van der Waals surface area (Å²) in [7, 11) is 0. The van der Waals surface area contributed by atoms with Crippen LogP contribution in [0.2, 0.25) is 10.0 Å². The third-order valence-electron chi connectivity index (χ3n) is 2.34. The van der Waals surface area contributed by atoms with Crippen LogP contribution in [0.5, 0.6) is 11.6 Å². The zero-order valence-corrected chi connectivity index (χ0v) is 10.8. The number of hydrogen-bond acceptors (Lipinski definition) is 6. The van der Waals surface area contributed by atoms with Crippen molar-refractivity contribution in [2.45, 2.75) is 0 Å². The van der Waals surface area contributed by atoms with Crippen LogP contribution in [-0.2, 0) is 0 Å². The van der Waals surface area contributed by atoms with Gasteiger partial charge in [-0.2, -0.15) is 4.52 Å². The van der Waals surface area contributed by atoms with E-state index in [1.165, 1.54) is 29.0 Å². The maximum atomic E-state index is 5.92. The summed E-state index contributed by atoms with van der Waals surface area (Å²) in [6, 6.07) is 3.02. The van der Waals surface area contributed by atoms with Crippen molar-refractivity contribution >= 4 is 34.5 Å². The average Bonchev–Trinajstić information content (AvgIpc) is 2.85. The highest BCUT2D eigenvalue weighted by molar-refractivity contribution is 6.42. The van der Waals surface area contributed by atoms with Crippen molar-refractivity contribution in [3.05, 3.63) is 34.6 Å². The number of nitrogens with two attached hydrogens (primary N) is 1. The molecule has 0 amide bonds. The van der Waals surface area contributed by atoms with Crippen molar-refractivity contribution in [1.82, 2.24) is 25.0 Å². The third kappa shape index (κ3) is 2.13. The van der Waals surface area contributed by atoms with Crippen LogP contribution in [0.3, 0.4) is 0 Å². The topological polar surface area (TPSA) is 91.2 Å². The highest BCUT2D eigenvalue weighted by Gasteiger charge is 2.11. The van der Waals surface area contributed by atoms with Crippen LogP contribution in [0.1, 0.15) is 0 Å². The van der Waals surface area contributed by atoms with Crippen molar-refractivity contribution < 1.29 is 4.74 Å². The molecule has 0 fully saturated rings. The summed E-state index contributed by atoms with van der Waals surface area (Å²) in [5.74, 6) is 0.659. The summed E-state index contributed by atoms with van der Waals surface area (Å²) in [4.78, 5) is 3.96. The molecule has 3 rings (SSSR count).